The molecule has 0 spiro atoms. The summed E-state index contributed by atoms with van der Waals surface area (Å²) < 4.78 is 5.48. The maximum absolute atomic E-state index is 12.4. The van der Waals surface area contributed by atoms with Crippen molar-refractivity contribution in [2.75, 3.05) is 6.61 Å². The molecule has 0 bridgehead atoms. The summed E-state index contributed by atoms with van der Waals surface area (Å²) in [6.07, 6.45) is 3.90. The van der Waals surface area contributed by atoms with E-state index < -0.39 is 0 Å². The number of aryl methyl sites for hydroxylation is 1. The van der Waals surface area contributed by atoms with Gasteiger partial charge in [0.1, 0.15) is 6.10 Å². The number of rotatable bonds is 5. The summed E-state index contributed by atoms with van der Waals surface area (Å²) in [6.45, 7) is 2.74. The van der Waals surface area contributed by atoms with Crippen LogP contribution in [0.3, 0.4) is 0 Å². The third kappa shape index (κ3) is 4.17. The van der Waals surface area contributed by atoms with Gasteiger partial charge in [-0.15, -0.1) is 0 Å². The molecule has 3 rings (SSSR count). The third-order valence-electron chi connectivity index (χ3n) is 4.14. The Hall–Kier alpha value is -2.20. The molecule has 2 atom stereocenters. The van der Waals surface area contributed by atoms with Crippen molar-refractivity contribution < 1.29 is 9.53 Å². The van der Waals surface area contributed by atoms with Crippen LogP contribution in [0.25, 0.3) is 0 Å². The first-order valence-electron chi connectivity index (χ1n) is 8.11. The molecule has 4 heteroatoms. The highest BCUT2D eigenvalue weighted by molar-refractivity contribution is 5.81. The summed E-state index contributed by atoms with van der Waals surface area (Å²) in [6, 6.07) is 14.0. The normalized spacial score (nSPS) is 18.6. The van der Waals surface area contributed by atoms with Gasteiger partial charge < -0.3 is 10.1 Å². The minimum atomic E-state index is -0.320. The average Bonchev–Trinajstić information content (AvgIpc) is 3.12. The van der Waals surface area contributed by atoms with Crippen LogP contribution in [0.4, 0.5) is 0 Å². The predicted octanol–water partition coefficient (Wildman–Crippen LogP) is 2.97. The van der Waals surface area contributed by atoms with Gasteiger partial charge in [0.05, 0.1) is 11.7 Å². The number of hydrogen-bond donors (Lipinski definition) is 1. The molecule has 4 nitrogen and oxygen atoms in total. The van der Waals surface area contributed by atoms with Gasteiger partial charge in [0.25, 0.3) is 0 Å². The molecule has 2 aromatic rings. The van der Waals surface area contributed by atoms with Gasteiger partial charge in [0.2, 0.25) is 5.91 Å². The van der Waals surface area contributed by atoms with E-state index in [1.54, 1.807) is 6.20 Å². The quantitative estimate of drug-likeness (QED) is 0.923. The molecule has 1 fully saturated rings. The number of amides is 1. The lowest BCUT2D eigenvalue weighted by Gasteiger charge is -2.20. The van der Waals surface area contributed by atoms with Crippen molar-refractivity contribution in [3.8, 4) is 0 Å². The minimum Gasteiger partial charge on any atom is -0.368 e. The summed E-state index contributed by atoms with van der Waals surface area (Å²) in [5, 5.41) is 3.11. The lowest BCUT2D eigenvalue weighted by molar-refractivity contribution is -0.130. The van der Waals surface area contributed by atoms with Crippen molar-refractivity contribution in [2.45, 2.75) is 38.3 Å². The zero-order valence-corrected chi connectivity index (χ0v) is 13.4. The molecule has 2 heterocycles. The number of nitrogens with zero attached hydrogens (tertiary/aromatic N) is 1. The maximum atomic E-state index is 12.4. The number of carbonyl (C=O) groups excluding carboxylic acids is 1. The van der Waals surface area contributed by atoms with E-state index in [-0.39, 0.29) is 18.1 Å². The summed E-state index contributed by atoms with van der Waals surface area (Å²) in [4.78, 5) is 16.8. The smallest absolute Gasteiger partial charge is 0.249 e. The van der Waals surface area contributed by atoms with E-state index >= 15 is 0 Å². The van der Waals surface area contributed by atoms with E-state index in [0.29, 0.717) is 6.61 Å². The zero-order valence-electron chi connectivity index (χ0n) is 13.4. The molecule has 1 aliphatic rings. The zero-order chi connectivity index (χ0) is 16.1. The van der Waals surface area contributed by atoms with Crippen LogP contribution in [-0.4, -0.2) is 23.6 Å². The van der Waals surface area contributed by atoms with E-state index in [9.17, 15) is 4.79 Å². The molecule has 0 unspecified atom stereocenters. The number of nitrogens with one attached hydrogen (secondary N) is 1. The SMILES string of the molecule is Cc1ccc(C[C@@H](NC(=O)[C@H]2CCCO2)c2ccccn2)cc1. The number of carbonyl (C=O) groups is 1. The molecule has 0 saturated carbocycles. The van der Waals surface area contributed by atoms with Crippen molar-refractivity contribution >= 4 is 5.91 Å². The van der Waals surface area contributed by atoms with Crippen LogP contribution < -0.4 is 5.32 Å². The van der Waals surface area contributed by atoms with Crippen LogP contribution >= 0.6 is 0 Å². The van der Waals surface area contributed by atoms with Crippen molar-refractivity contribution in [1.29, 1.82) is 0 Å². The fourth-order valence-electron chi connectivity index (χ4n) is 2.82. The fraction of sp³-hybridized carbons (Fsp3) is 0.368. The van der Waals surface area contributed by atoms with E-state index in [0.717, 1.165) is 25.0 Å². The Kier molecular flexibility index (Phi) is 5.03. The molecule has 1 aromatic heterocycles. The monoisotopic (exact) mass is 310 g/mol. The Morgan fingerprint density at radius 1 is 1.30 bits per heavy atom. The number of benzene rings is 1. The molecular formula is C19H22N2O2. The summed E-state index contributed by atoms with van der Waals surface area (Å²) >= 11 is 0. The van der Waals surface area contributed by atoms with E-state index in [2.05, 4.69) is 41.5 Å². The second-order valence-electron chi connectivity index (χ2n) is 6.01. The number of hydrogen-bond acceptors (Lipinski definition) is 3. The average molecular weight is 310 g/mol. The van der Waals surface area contributed by atoms with Crippen LogP contribution in [0.1, 0.15) is 35.7 Å². The van der Waals surface area contributed by atoms with Crippen LogP contribution in [-0.2, 0) is 16.0 Å². The Morgan fingerprint density at radius 2 is 2.13 bits per heavy atom. The van der Waals surface area contributed by atoms with Gasteiger partial charge >= 0.3 is 0 Å². The molecule has 120 valence electrons. The first-order valence-corrected chi connectivity index (χ1v) is 8.11. The summed E-state index contributed by atoms with van der Waals surface area (Å²) in [5.41, 5.74) is 3.28. The standard InChI is InChI=1S/C19H22N2O2/c1-14-7-9-15(10-8-14)13-17(16-5-2-3-11-20-16)21-19(22)18-6-4-12-23-18/h2-3,5,7-11,17-18H,4,6,12-13H2,1H3,(H,21,22)/t17-,18-/m1/s1. The fourth-order valence-corrected chi connectivity index (χ4v) is 2.82. The Bertz CT molecular complexity index is 634. The van der Waals surface area contributed by atoms with E-state index in [4.69, 9.17) is 4.74 Å². The summed E-state index contributed by atoms with van der Waals surface area (Å²) in [7, 11) is 0. The molecule has 1 amide bonds. The van der Waals surface area contributed by atoms with Crippen LogP contribution in [0.15, 0.2) is 48.7 Å². The van der Waals surface area contributed by atoms with Gasteiger partial charge in [-0.05, 0) is 43.9 Å². The van der Waals surface area contributed by atoms with Gasteiger partial charge in [-0.1, -0.05) is 35.9 Å². The Morgan fingerprint density at radius 3 is 2.78 bits per heavy atom. The summed E-state index contributed by atoms with van der Waals surface area (Å²) in [5.74, 6) is -0.0368. The minimum absolute atomic E-state index is 0.0368. The lowest BCUT2D eigenvalue weighted by Crippen LogP contribution is -2.38. The van der Waals surface area contributed by atoms with Crippen molar-refractivity contribution in [1.82, 2.24) is 10.3 Å². The van der Waals surface area contributed by atoms with Crippen LogP contribution in [0.5, 0.6) is 0 Å². The van der Waals surface area contributed by atoms with Gasteiger partial charge in [0.15, 0.2) is 0 Å². The molecule has 0 radical (unpaired) electrons. The largest absolute Gasteiger partial charge is 0.368 e. The second-order valence-corrected chi connectivity index (χ2v) is 6.01. The first kappa shape index (κ1) is 15.7. The second kappa shape index (κ2) is 7.38. The molecule has 1 saturated heterocycles. The highest BCUT2D eigenvalue weighted by Crippen LogP contribution is 2.19. The third-order valence-corrected chi connectivity index (χ3v) is 4.14. The molecule has 1 aliphatic heterocycles. The molecule has 0 aliphatic carbocycles. The topological polar surface area (TPSA) is 51.2 Å². The predicted molar refractivity (Wildman–Crippen MR) is 89.0 cm³/mol. The van der Waals surface area contributed by atoms with Gasteiger partial charge in [-0.3, -0.25) is 9.78 Å². The molecular weight excluding hydrogens is 288 g/mol. The van der Waals surface area contributed by atoms with Gasteiger partial charge in [-0.25, -0.2) is 0 Å². The highest BCUT2D eigenvalue weighted by Gasteiger charge is 2.26. The highest BCUT2D eigenvalue weighted by atomic mass is 16.5. The number of pyridine rings is 1. The molecule has 1 N–H and O–H groups in total. The van der Waals surface area contributed by atoms with Crippen molar-refractivity contribution in [2.24, 2.45) is 0 Å². The van der Waals surface area contributed by atoms with Crippen molar-refractivity contribution in [3.05, 3.63) is 65.5 Å². The molecule has 23 heavy (non-hydrogen) atoms. The van der Waals surface area contributed by atoms with E-state index in [1.165, 1.54) is 11.1 Å². The number of aromatic nitrogens is 1. The van der Waals surface area contributed by atoms with E-state index in [1.807, 2.05) is 18.2 Å². The first-order chi connectivity index (χ1) is 11.2. The van der Waals surface area contributed by atoms with Crippen molar-refractivity contribution in [3.63, 3.8) is 0 Å². The lowest BCUT2D eigenvalue weighted by atomic mass is 10.0. The maximum Gasteiger partial charge on any atom is 0.249 e. The van der Waals surface area contributed by atoms with Crippen LogP contribution in [0.2, 0.25) is 0 Å². The van der Waals surface area contributed by atoms with Crippen LogP contribution in [0, 0.1) is 6.92 Å². The number of ether oxygens (including phenoxy) is 1. The molecule has 1 aromatic carbocycles. The Balaban J connectivity index is 1.76. The van der Waals surface area contributed by atoms with Gasteiger partial charge in [0, 0.05) is 12.8 Å². The Labute approximate surface area is 136 Å². The van der Waals surface area contributed by atoms with Gasteiger partial charge in [-0.2, -0.15) is 0 Å².